The van der Waals surface area contributed by atoms with Crippen LogP contribution in [0.25, 0.3) is 11.2 Å². The lowest BCUT2D eigenvalue weighted by molar-refractivity contribution is 0.170. The van der Waals surface area contributed by atoms with Crippen molar-refractivity contribution in [2.45, 2.75) is 50.2 Å². The summed E-state index contributed by atoms with van der Waals surface area (Å²) in [6.45, 7) is 5.88. The molecule has 1 unspecified atom stereocenters. The zero-order valence-electron chi connectivity index (χ0n) is 18.4. The molecule has 1 fully saturated rings. The molecule has 32 heavy (non-hydrogen) atoms. The van der Waals surface area contributed by atoms with Crippen LogP contribution < -0.4 is 10.0 Å². The quantitative estimate of drug-likeness (QED) is 0.572. The molecule has 8 heteroatoms. The second kappa shape index (κ2) is 8.04. The van der Waals surface area contributed by atoms with E-state index >= 15 is 0 Å². The van der Waals surface area contributed by atoms with Crippen molar-refractivity contribution in [3.05, 3.63) is 58.9 Å². The Hall–Kier alpha value is -2.09. The Labute approximate surface area is 196 Å². The summed E-state index contributed by atoms with van der Waals surface area (Å²) >= 11 is 5.98. The summed E-state index contributed by atoms with van der Waals surface area (Å²) < 4.78 is 11.8. The van der Waals surface area contributed by atoms with Crippen LogP contribution >= 0.6 is 11.6 Å². The molecule has 3 heterocycles. The van der Waals surface area contributed by atoms with Crippen LogP contribution in [0.1, 0.15) is 50.2 Å². The molecule has 1 saturated heterocycles. The Morgan fingerprint density at radius 1 is 1.19 bits per heavy atom. The number of nitrogens with zero attached hydrogens (tertiary/aromatic N) is 4. The lowest BCUT2D eigenvalue weighted by Crippen LogP contribution is -2.45. The van der Waals surface area contributed by atoms with Gasteiger partial charge in [0.05, 0.1) is 21.9 Å². The van der Waals surface area contributed by atoms with E-state index in [-0.39, 0.29) is 5.41 Å². The van der Waals surface area contributed by atoms with Crippen molar-refractivity contribution < 1.29 is 4.21 Å². The van der Waals surface area contributed by atoms with E-state index in [1.54, 1.807) is 12.3 Å². The molecule has 0 amide bonds. The van der Waals surface area contributed by atoms with Crippen LogP contribution in [0.15, 0.2) is 42.6 Å². The Morgan fingerprint density at radius 2 is 1.94 bits per heavy atom. The lowest BCUT2D eigenvalue weighted by atomic mass is 9.67. The number of rotatable bonds is 4. The van der Waals surface area contributed by atoms with Crippen LogP contribution in [0, 0.1) is 5.41 Å². The number of anilines is 1. The van der Waals surface area contributed by atoms with E-state index in [1.165, 1.54) is 11.1 Å². The third kappa shape index (κ3) is 3.80. The van der Waals surface area contributed by atoms with Gasteiger partial charge in [-0.3, -0.25) is 5.14 Å². The van der Waals surface area contributed by atoms with Gasteiger partial charge in [0.2, 0.25) is 0 Å². The molecule has 2 atom stereocenters. The monoisotopic (exact) mass is 469 g/mol. The third-order valence-corrected chi connectivity index (χ3v) is 8.86. The van der Waals surface area contributed by atoms with Gasteiger partial charge in [0.25, 0.3) is 0 Å². The first-order valence-corrected chi connectivity index (χ1v) is 12.6. The van der Waals surface area contributed by atoms with Crippen LogP contribution in [0.4, 0.5) is 5.82 Å². The van der Waals surface area contributed by atoms with Crippen LogP contribution in [0.2, 0.25) is 5.15 Å². The van der Waals surface area contributed by atoms with Crippen molar-refractivity contribution in [1.29, 1.82) is 0 Å². The highest BCUT2D eigenvalue weighted by atomic mass is 35.5. The van der Waals surface area contributed by atoms with E-state index in [1.807, 2.05) is 19.9 Å². The Bertz CT molecular complexity index is 1190. The van der Waals surface area contributed by atoms with Crippen LogP contribution in [-0.2, 0) is 17.4 Å². The molecule has 2 aliphatic rings. The van der Waals surface area contributed by atoms with Crippen molar-refractivity contribution >= 4 is 39.6 Å². The summed E-state index contributed by atoms with van der Waals surface area (Å²) in [5.74, 6) is 1.24. The molecular weight excluding hydrogens is 442 g/mol. The number of aromatic nitrogens is 3. The number of piperidine rings is 1. The highest BCUT2D eigenvalue weighted by Crippen LogP contribution is 2.56. The second-order valence-corrected chi connectivity index (χ2v) is 11.8. The molecule has 168 valence electrons. The number of benzene rings is 1. The van der Waals surface area contributed by atoms with E-state index in [0.717, 1.165) is 50.1 Å². The van der Waals surface area contributed by atoms with Crippen molar-refractivity contribution in [3.63, 3.8) is 0 Å². The van der Waals surface area contributed by atoms with Gasteiger partial charge in [0.1, 0.15) is 16.5 Å². The number of fused-ring (bicyclic) bond motifs is 2. The van der Waals surface area contributed by atoms with E-state index in [4.69, 9.17) is 21.7 Å². The van der Waals surface area contributed by atoms with E-state index < -0.39 is 15.7 Å². The molecule has 1 aromatic carbocycles. The lowest BCUT2D eigenvalue weighted by Gasteiger charge is -2.45. The summed E-state index contributed by atoms with van der Waals surface area (Å²) in [6.07, 6.45) is 5.80. The molecule has 1 aliphatic heterocycles. The van der Waals surface area contributed by atoms with Crippen molar-refractivity contribution in [1.82, 2.24) is 15.0 Å². The first-order chi connectivity index (χ1) is 15.3. The van der Waals surface area contributed by atoms with E-state index in [9.17, 15) is 4.21 Å². The fourth-order valence-corrected chi connectivity index (χ4v) is 5.97. The maximum absolute atomic E-state index is 12.3. The van der Waals surface area contributed by atoms with Gasteiger partial charge in [-0.05, 0) is 74.1 Å². The van der Waals surface area contributed by atoms with Crippen molar-refractivity contribution in [2.24, 2.45) is 10.6 Å². The Morgan fingerprint density at radius 3 is 2.69 bits per heavy atom. The summed E-state index contributed by atoms with van der Waals surface area (Å²) in [6, 6.07) is 12.4. The Kier molecular flexibility index (Phi) is 5.47. The predicted octanol–water partition coefficient (Wildman–Crippen LogP) is 4.40. The molecule has 1 spiro atoms. The van der Waals surface area contributed by atoms with Gasteiger partial charge in [-0.2, -0.15) is 0 Å². The standard InChI is InChI=1S/C24H28ClN5OS/c1-23(2,32(26)31)14-18-17-6-4-3-5-16(17)13-24(18)9-11-30(12-10-24)21-15-27-22-19(28-21)7-8-20(25)29-22/h3-8,15,18H,9-14,26H2,1-2H3/t18-,32?/m1/s1. The molecule has 0 bridgehead atoms. The number of nitrogens with two attached hydrogens (primary N) is 1. The molecule has 5 rings (SSSR count). The highest BCUT2D eigenvalue weighted by Gasteiger charge is 2.49. The zero-order chi connectivity index (χ0) is 22.5. The third-order valence-electron chi connectivity index (χ3n) is 7.39. The normalized spacial score (nSPS) is 21.1. The van der Waals surface area contributed by atoms with Gasteiger partial charge >= 0.3 is 0 Å². The number of pyridine rings is 1. The molecule has 0 radical (unpaired) electrons. The molecule has 1 aliphatic carbocycles. The summed E-state index contributed by atoms with van der Waals surface area (Å²) in [4.78, 5) is 15.8. The topological polar surface area (TPSA) is 85.0 Å². The number of hydrogen-bond acceptors (Lipinski definition) is 5. The molecule has 2 N–H and O–H groups in total. The van der Waals surface area contributed by atoms with Crippen LogP contribution in [0.5, 0.6) is 0 Å². The minimum atomic E-state index is -1.37. The summed E-state index contributed by atoms with van der Waals surface area (Å²) in [7, 11) is -1.37. The molecule has 6 nitrogen and oxygen atoms in total. The van der Waals surface area contributed by atoms with Gasteiger partial charge in [-0.1, -0.05) is 35.9 Å². The summed E-state index contributed by atoms with van der Waals surface area (Å²) in [5.41, 5.74) is 4.32. The average Bonchev–Trinajstić information content (AvgIpc) is 3.06. The average molecular weight is 470 g/mol. The maximum Gasteiger partial charge on any atom is 0.179 e. The van der Waals surface area contributed by atoms with Crippen molar-refractivity contribution in [2.75, 3.05) is 18.0 Å². The number of hydrogen-bond donors (Lipinski definition) is 1. The van der Waals surface area contributed by atoms with E-state index in [0.29, 0.717) is 16.7 Å². The summed E-state index contributed by atoms with van der Waals surface area (Å²) in [5, 5.41) is 6.30. The molecule has 0 saturated carbocycles. The van der Waals surface area contributed by atoms with Crippen LogP contribution in [-0.4, -0.2) is 37.0 Å². The SMILES string of the molecule is CC(C)(C[C@@H]1c2ccccc2CC12CCN(c1cnc3nc(Cl)ccc3n1)CC2)S(N)=O. The molecule has 3 aromatic rings. The fourth-order valence-electron chi connectivity index (χ4n) is 5.50. The fraction of sp³-hybridized carbons (Fsp3) is 0.458. The molecule has 2 aromatic heterocycles. The van der Waals surface area contributed by atoms with Gasteiger partial charge in [-0.25, -0.2) is 19.2 Å². The number of halogens is 1. The van der Waals surface area contributed by atoms with Gasteiger partial charge in [0, 0.05) is 13.1 Å². The zero-order valence-corrected chi connectivity index (χ0v) is 20.0. The Balaban J connectivity index is 1.40. The first kappa shape index (κ1) is 21.7. The maximum atomic E-state index is 12.3. The predicted molar refractivity (Wildman–Crippen MR) is 130 cm³/mol. The van der Waals surface area contributed by atoms with Gasteiger partial charge in [-0.15, -0.1) is 0 Å². The van der Waals surface area contributed by atoms with Crippen LogP contribution in [0.3, 0.4) is 0 Å². The largest absolute Gasteiger partial charge is 0.355 e. The molecular formula is C24H28ClN5OS. The van der Waals surface area contributed by atoms with Crippen molar-refractivity contribution in [3.8, 4) is 0 Å². The van der Waals surface area contributed by atoms with Gasteiger partial charge in [0.15, 0.2) is 5.65 Å². The van der Waals surface area contributed by atoms with Gasteiger partial charge < -0.3 is 4.90 Å². The smallest absolute Gasteiger partial charge is 0.179 e. The minimum absolute atomic E-state index is 0.163. The van der Waals surface area contributed by atoms with E-state index in [2.05, 4.69) is 39.1 Å². The minimum Gasteiger partial charge on any atom is -0.355 e. The first-order valence-electron chi connectivity index (χ1n) is 11.1. The second-order valence-electron chi connectivity index (χ2n) is 9.74. The highest BCUT2D eigenvalue weighted by molar-refractivity contribution is 7.84.